The normalized spacial score (nSPS) is 24.3. The van der Waals surface area contributed by atoms with Crippen molar-refractivity contribution in [2.75, 3.05) is 25.2 Å². The number of ether oxygens (including phenoxy) is 2. The van der Waals surface area contributed by atoms with Crippen LogP contribution in [0, 0.1) is 0 Å². The SMILES string of the molecule is BrCCCOC[C@H]1CCCO1. The van der Waals surface area contributed by atoms with Gasteiger partial charge in [0.2, 0.25) is 0 Å². The lowest BCUT2D eigenvalue weighted by atomic mass is 10.2. The molecule has 0 unspecified atom stereocenters. The number of halogens is 1. The lowest BCUT2D eigenvalue weighted by molar-refractivity contribution is 0.0178. The largest absolute Gasteiger partial charge is 0.379 e. The summed E-state index contributed by atoms with van der Waals surface area (Å²) in [4.78, 5) is 0. The zero-order valence-corrected chi connectivity index (χ0v) is 8.31. The molecule has 11 heavy (non-hydrogen) atoms. The van der Waals surface area contributed by atoms with Crippen LogP contribution < -0.4 is 0 Å². The van der Waals surface area contributed by atoms with Gasteiger partial charge >= 0.3 is 0 Å². The van der Waals surface area contributed by atoms with E-state index >= 15 is 0 Å². The number of hydrogen-bond acceptors (Lipinski definition) is 2. The van der Waals surface area contributed by atoms with Gasteiger partial charge < -0.3 is 9.47 Å². The van der Waals surface area contributed by atoms with E-state index in [2.05, 4.69) is 15.9 Å². The summed E-state index contributed by atoms with van der Waals surface area (Å²) in [7, 11) is 0. The van der Waals surface area contributed by atoms with Crippen LogP contribution in [-0.4, -0.2) is 31.3 Å². The summed E-state index contributed by atoms with van der Waals surface area (Å²) in [5.74, 6) is 0. The van der Waals surface area contributed by atoms with Gasteiger partial charge in [-0.05, 0) is 19.3 Å². The van der Waals surface area contributed by atoms with Gasteiger partial charge in [-0.1, -0.05) is 15.9 Å². The second-order valence-corrected chi connectivity index (χ2v) is 3.55. The van der Waals surface area contributed by atoms with Crippen molar-refractivity contribution in [1.29, 1.82) is 0 Å². The van der Waals surface area contributed by atoms with Crippen LogP contribution in [0.5, 0.6) is 0 Å². The molecule has 0 bridgehead atoms. The molecule has 3 heteroatoms. The Bertz CT molecular complexity index is 92.1. The zero-order chi connectivity index (χ0) is 7.94. The van der Waals surface area contributed by atoms with Crippen LogP contribution in [0.4, 0.5) is 0 Å². The predicted octanol–water partition coefficient (Wildman–Crippen LogP) is 1.97. The standard InChI is InChI=1S/C8H15BrO2/c9-4-2-5-10-7-8-3-1-6-11-8/h8H,1-7H2/t8-/m1/s1. The summed E-state index contributed by atoms with van der Waals surface area (Å²) in [5, 5.41) is 1.03. The molecule has 1 aliphatic heterocycles. The van der Waals surface area contributed by atoms with Crippen LogP contribution >= 0.6 is 15.9 Å². The molecule has 1 rings (SSSR count). The molecule has 0 aromatic heterocycles. The van der Waals surface area contributed by atoms with Crippen molar-refractivity contribution in [3.05, 3.63) is 0 Å². The number of rotatable bonds is 5. The monoisotopic (exact) mass is 222 g/mol. The molecule has 1 aliphatic rings. The maximum absolute atomic E-state index is 5.40. The van der Waals surface area contributed by atoms with Crippen molar-refractivity contribution in [3.8, 4) is 0 Å². The summed E-state index contributed by atoms with van der Waals surface area (Å²) in [5.41, 5.74) is 0. The fourth-order valence-electron chi connectivity index (χ4n) is 1.15. The molecule has 2 nitrogen and oxygen atoms in total. The van der Waals surface area contributed by atoms with Crippen LogP contribution in [0.2, 0.25) is 0 Å². The molecule has 0 aromatic carbocycles. The van der Waals surface area contributed by atoms with Gasteiger partial charge in [0.1, 0.15) is 0 Å². The van der Waals surface area contributed by atoms with Crippen LogP contribution in [-0.2, 0) is 9.47 Å². The minimum atomic E-state index is 0.380. The van der Waals surface area contributed by atoms with Gasteiger partial charge in [0.15, 0.2) is 0 Å². The van der Waals surface area contributed by atoms with E-state index < -0.39 is 0 Å². The molecule has 0 aliphatic carbocycles. The Morgan fingerprint density at radius 3 is 3.09 bits per heavy atom. The maximum Gasteiger partial charge on any atom is 0.0809 e. The third-order valence-electron chi connectivity index (χ3n) is 1.75. The first-order chi connectivity index (χ1) is 5.43. The van der Waals surface area contributed by atoms with Crippen molar-refractivity contribution in [2.45, 2.75) is 25.4 Å². The van der Waals surface area contributed by atoms with E-state index in [0.29, 0.717) is 6.10 Å². The summed E-state index contributed by atoms with van der Waals surface area (Å²) in [6.07, 6.45) is 3.85. The highest BCUT2D eigenvalue weighted by Gasteiger charge is 2.14. The fraction of sp³-hybridized carbons (Fsp3) is 1.00. The third kappa shape index (κ3) is 4.09. The van der Waals surface area contributed by atoms with E-state index in [1.807, 2.05) is 0 Å². The quantitative estimate of drug-likeness (QED) is 0.524. The smallest absolute Gasteiger partial charge is 0.0809 e. The van der Waals surface area contributed by atoms with Gasteiger partial charge in [-0.15, -0.1) is 0 Å². The summed E-state index contributed by atoms with van der Waals surface area (Å²) >= 11 is 3.35. The molecule has 1 saturated heterocycles. The molecule has 66 valence electrons. The summed E-state index contributed by atoms with van der Waals surface area (Å²) in [6.45, 7) is 2.56. The van der Waals surface area contributed by atoms with E-state index in [4.69, 9.17) is 9.47 Å². The number of alkyl halides is 1. The second-order valence-electron chi connectivity index (χ2n) is 2.75. The highest BCUT2D eigenvalue weighted by atomic mass is 79.9. The Kier molecular flexibility index (Phi) is 5.15. The minimum absolute atomic E-state index is 0.380. The van der Waals surface area contributed by atoms with Crippen LogP contribution in [0.15, 0.2) is 0 Å². The highest BCUT2D eigenvalue weighted by molar-refractivity contribution is 9.09. The summed E-state index contributed by atoms with van der Waals surface area (Å²) in [6, 6.07) is 0. The maximum atomic E-state index is 5.40. The molecule has 0 N–H and O–H groups in total. The molecule has 1 fully saturated rings. The molecular weight excluding hydrogens is 208 g/mol. The number of hydrogen-bond donors (Lipinski definition) is 0. The van der Waals surface area contributed by atoms with Crippen LogP contribution in [0.1, 0.15) is 19.3 Å². The lowest BCUT2D eigenvalue weighted by Gasteiger charge is -2.08. The molecule has 0 radical (unpaired) electrons. The van der Waals surface area contributed by atoms with Crippen molar-refractivity contribution in [3.63, 3.8) is 0 Å². The molecule has 0 amide bonds. The first-order valence-corrected chi connectivity index (χ1v) is 5.31. The van der Waals surface area contributed by atoms with E-state index in [-0.39, 0.29) is 0 Å². The first kappa shape index (κ1) is 9.49. The Hall–Kier alpha value is 0.400. The Labute approximate surface area is 76.4 Å². The molecule has 0 saturated carbocycles. The average Bonchev–Trinajstić information content (AvgIpc) is 2.50. The Balaban J connectivity index is 1.86. The lowest BCUT2D eigenvalue weighted by Crippen LogP contribution is -2.14. The van der Waals surface area contributed by atoms with Crippen molar-refractivity contribution in [2.24, 2.45) is 0 Å². The topological polar surface area (TPSA) is 18.5 Å². The zero-order valence-electron chi connectivity index (χ0n) is 6.72. The highest BCUT2D eigenvalue weighted by Crippen LogP contribution is 2.11. The summed E-state index contributed by atoms with van der Waals surface area (Å²) < 4.78 is 10.8. The van der Waals surface area contributed by atoms with E-state index in [1.165, 1.54) is 12.8 Å². The first-order valence-electron chi connectivity index (χ1n) is 4.19. The van der Waals surface area contributed by atoms with Crippen molar-refractivity contribution >= 4 is 15.9 Å². The van der Waals surface area contributed by atoms with Crippen molar-refractivity contribution < 1.29 is 9.47 Å². The van der Waals surface area contributed by atoms with Crippen LogP contribution in [0.3, 0.4) is 0 Å². The second kappa shape index (κ2) is 5.98. The van der Waals surface area contributed by atoms with Gasteiger partial charge in [-0.25, -0.2) is 0 Å². The van der Waals surface area contributed by atoms with Gasteiger partial charge in [0.05, 0.1) is 12.7 Å². The molecule has 1 heterocycles. The predicted molar refractivity (Wildman–Crippen MR) is 48.2 cm³/mol. The van der Waals surface area contributed by atoms with Crippen LogP contribution in [0.25, 0.3) is 0 Å². The van der Waals surface area contributed by atoms with Crippen molar-refractivity contribution in [1.82, 2.24) is 0 Å². The molecule has 0 aromatic rings. The average molecular weight is 223 g/mol. The molecule has 1 atom stereocenters. The van der Waals surface area contributed by atoms with Gasteiger partial charge in [-0.3, -0.25) is 0 Å². The van der Waals surface area contributed by atoms with E-state index in [0.717, 1.165) is 31.6 Å². The molecular formula is C8H15BrO2. The van der Waals surface area contributed by atoms with Gasteiger partial charge in [0.25, 0.3) is 0 Å². The third-order valence-corrected chi connectivity index (χ3v) is 2.31. The van der Waals surface area contributed by atoms with E-state index in [9.17, 15) is 0 Å². The molecule has 0 spiro atoms. The minimum Gasteiger partial charge on any atom is -0.379 e. The van der Waals surface area contributed by atoms with Gasteiger partial charge in [0, 0.05) is 18.5 Å². The Morgan fingerprint density at radius 1 is 1.55 bits per heavy atom. The fourth-order valence-corrected chi connectivity index (χ4v) is 1.38. The Morgan fingerprint density at radius 2 is 2.45 bits per heavy atom. The van der Waals surface area contributed by atoms with E-state index in [1.54, 1.807) is 0 Å². The van der Waals surface area contributed by atoms with Gasteiger partial charge in [-0.2, -0.15) is 0 Å².